The molecular formula is C22H26N4OS. The Balaban J connectivity index is 1.49. The molecule has 0 spiro atoms. The van der Waals surface area contributed by atoms with Gasteiger partial charge in [0.15, 0.2) is 0 Å². The van der Waals surface area contributed by atoms with Gasteiger partial charge in [0.25, 0.3) is 5.91 Å². The molecule has 3 heterocycles. The van der Waals surface area contributed by atoms with Gasteiger partial charge in [-0.15, -0.1) is 11.3 Å². The van der Waals surface area contributed by atoms with Gasteiger partial charge in [0, 0.05) is 42.9 Å². The van der Waals surface area contributed by atoms with Gasteiger partial charge in [-0.05, 0) is 37.1 Å². The van der Waals surface area contributed by atoms with E-state index < -0.39 is 0 Å². The van der Waals surface area contributed by atoms with Crippen LogP contribution >= 0.6 is 11.3 Å². The first kappa shape index (κ1) is 18.7. The molecule has 3 aromatic rings. The van der Waals surface area contributed by atoms with Crippen LogP contribution in [0.4, 0.5) is 11.4 Å². The minimum Gasteiger partial charge on any atom is -0.397 e. The topological polar surface area (TPSA) is 62.5 Å². The number of thiophene rings is 1. The minimum atomic E-state index is 0.0309. The number of unbranched alkanes of at least 4 members (excludes halogenated alkanes) is 1. The Bertz CT molecular complexity index is 961. The molecule has 0 bridgehead atoms. The van der Waals surface area contributed by atoms with Crippen molar-refractivity contribution < 1.29 is 4.79 Å². The Morgan fingerprint density at radius 3 is 2.57 bits per heavy atom. The lowest BCUT2D eigenvalue weighted by Crippen LogP contribution is -2.48. The van der Waals surface area contributed by atoms with Crippen LogP contribution in [0, 0.1) is 0 Å². The van der Waals surface area contributed by atoms with Gasteiger partial charge in [0.2, 0.25) is 0 Å². The third-order valence-corrected chi connectivity index (χ3v) is 6.42. The van der Waals surface area contributed by atoms with Crippen LogP contribution in [0.2, 0.25) is 0 Å². The number of aromatic nitrogens is 1. The van der Waals surface area contributed by atoms with E-state index in [1.165, 1.54) is 17.0 Å². The highest BCUT2D eigenvalue weighted by atomic mass is 32.1. The summed E-state index contributed by atoms with van der Waals surface area (Å²) in [6, 6.07) is 14.4. The van der Waals surface area contributed by atoms with Crippen molar-refractivity contribution in [1.82, 2.24) is 9.88 Å². The molecule has 28 heavy (non-hydrogen) atoms. The number of pyridine rings is 1. The largest absolute Gasteiger partial charge is 0.397 e. The molecule has 6 heteroatoms. The van der Waals surface area contributed by atoms with Crippen LogP contribution < -0.4 is 10.6 Å². The van der Waals surface area contributed by atoms with Crippen LogP contribution in [0.25, 0.3) is 10.2 Å². The van der Waals surface area contributed by atoms with Crippen molar-refractivity contribution in [3.05, 3.63) is 53.0 Å². The highest BCUT2D eigenvalue weighted by Crippen LogP contribution is 2.34. The third kappa shape index (κ3) is 3.69. The van der Waals surface area contributed by atoms with Crippen LogP contribution in [0.3, 0.4) is 0 Å². The quantitative estimate of drug-likeness (QED) is 0.705. The molecule has 2 N–H and O–H groups in total. The molecule has 0 aliphatic carbocycles. The molecule has 4 rings (SSSR count). The summed E-state index contributed by atoms with van der Waals surface area (Å²) >= 11 is 1.43. The van der Waals surface area contributed by atoms with Gasteiger partial charge in [-0.25, -0.2) is 4.98 Å². The maximum Gasteiger partial charge on any atom is 0.266 e. The lowest BCUT2D eigenvalue weighted by atomic mass is 10.1. The number of nitrogens with two attached hydrogens (primary N) is 1. The number of carbonyl (C=O) groups excluding carboxylic acids is 1. The van der Waals surface area contributed by atoms with E-state index in [2.05, 4.69) is 24.0 Å². The monoisotopic (exact) mass is 394 g/mol. The molecular weight excluding hydrogens is 368 g/mol. The van der Waals surface area contributed by atoms with Crippen molar-refractivity contribution in [1.29, 1.82) is 0 Å². The Kier molecular flexibility index (Phi) is 5.48. The predicted molar refractivity (Wildman–Crippen MR) is 117 cm³/mol. The fourth-order valence-electron chi connectivity index (χ4n) is 3.64. The van der Waals surface area contributed by atoms with Gasteiger partial charge in [-0.1, -0.05) is 31.5 Å². The van der Waals surface area contributed by atoms with E-state index in [1.807, 2.05) is 35.2 Å². The summed E-state index contributed by atoms with van der Waals surface area (Å²) in [7, 11) is 0. The van der Waals surface area contributed by atoms with Crippen molar-refractivity contribution in [3.8, 4) is 0 Å². The molecule has 0 radical (unpaired) electrons. The number of nitrogen functional groups attached to an aromatic ring is 1. The number of fused-ring (bicyclic) bond motifs is 1. The van der Waals surface area contributed by atoms with Crippen molar-refractivity contribution in [3.63, 3.8) is 0 Å². The number of hydrogen-bond acceptors (Lipinski definition) is 5. The summed E-state index contributed by atoms with van der Waals surface area (Å²) in [5.41, 5.74) is 9.18. The third-order valence-electron chi connectivity index (χ3n) is 5.32. The van der Waals surface area contributed by atoms with Crippen LogP contribution in [-0.4, -0.2) is 42.0 Å². The van der Waals surface area contributed by atoms with Gasteiger partial charge in [-0.2, -0.15) is 0 Å². The van der Waals surface area contributed by atoms with Gasteiger partial charge in [0.05, 0.1) is 5.69 Å². The lowest BCUT2D eigenvalue weighted by Gasteiger charge is -2.36. The van der Waals surface area contributed by atoms with E-state index in [1.54, 1.807) is 0 Å². The van der Waals surface area contributed by atoms with Crippen molar-refractivity contribution in [2.75, 3.05) is 36.8 Å². The summed E-state index contributed by atoms with van der Waals surface area (Å²) in [4.78, 5) is 23.6. The molecule has 0 atom stereocenters. The number of rotatable bonds is 5. The maximum atomic E-state index is 13.1. The molecule has 1 aliphatic rings. The Labute approximate surface area is 169 Å². The van der Waals surface area contributed by atoms with Crippen molar-refractivity contribution >= 4 is 38.8 Å². The molecule has 0 saturated carbocycles. The SMILES string of the molecule is CCCCc1ccc2c(N)c(C(=O)N3CCN(c4ccccc4)CC3)sc2n1. The zero-order chi connectivity index (χ0) is 19.5. The maximum absolute atomic E-state index is 13.1. The van der Waals surface area contributed by atoms with Gasteiger partial charge in [-0.3, -0.25) is 4.79 Å². The van der Waals surface area contributed by atoms with Gasteiger partial charge < -0.3 is 15.5 Å². The van der Waals surface area contributed by atoms with Crippen molar-refractivity contribution in [2.24, 2.45) is 0 Å². The predicted octanol–water partition coefficient (Wildman–Crippen LogP) is 4.18. The molecule has 1 aromatic carbocycles. The number of anilines is 2. The van der Waals surface area contributed by atoms with Gasteiger partial charge in [0.1, 0.15) is 9.71 Å². The van der Waals surface area contributed by atoms with Crippen molar-refractivity contribution in [2.45, 2.75) is 26.2 Å². The zero-order valence-corrected chi connectivity index (χ0v) is 17.0. The number of piperazine rings is 1. The molecule has 146 valence electrons. The van der Waals surface area contributed by atoms with Crippen LogP contribution in [-0.2, 0) is 6.42 Å². The molecule has 5 nitrogen and oxygen atoms in total. The number of hydrogen-bond donors (Lipinski definition) is 1. The number of aryl methyl sites for hydroxylation is 1. The zero-order valence-electron chi connectivity index (χ0n) is 16.2. The fraction of sp³-hybridized carbons (Fsp3) is 0.364. The van der Waals surface area contributed by atoms with Gasteiger partial charge >= 0.3 is 0 Å². The fourth-order valence-corrected chi connectivity index (χ4v) is 4.72. The Morgan fingerprint density at radius 1 is 1.11 bits per heavy atom. The number of para-hydroxylation sites is 1. The Hall–Kier alpha value is -2.60. The van der Waals surface area contributed by atoms with E-state index in [0.717, 1.165) is 48.3 Å². The summed E-state index contributed by atoms with van der Waals surface area (Å²) in [5.74, 6) is 0.0309. The van der Waals surface area contributed by atoms with Crippen LogP contribution in [0.15, 0.2) is 42.5 Å². The normalized spacial score (nSPS) is 14.6. The van der Waals surface area contributed by atoms with Crippen LogP contribution in [0.5, 0.6) is 0 Å². The Morgan fingerprint density at radius 2 is 1.86 bits per heavy atom. The van der Waals surface area contributed by atoms with E-state index >= 15 is 0 Å². The highest BCUT2D eigenvalue weighted by Gasteiger charge is 2.26. The molecule has 1 aliphatic heterocycles. The van der Waals surface area contributed by atoms with E-state index in [0.29, 0.717) is 23.7 Å². The molecule has 0 unspecified atom stereocenters. The lowest BCUT2D eigenvalue weighted by molar-refractivity contribution is 0.0752. The first-order valence-corrected chi connectivity index (χ1v) is 10.8. The molecule has 1 saturated heterocycles. The van der Waals surface area contributed by atoms with E-state index in [9.17, 15) is 4.79 Å². The second kappa shape index (κ2) is 8.19. The molecule has 2 aromatic heterocycles. The standard InChI is InChI=1S/C22H26N4OS/c1-2-3-7-16-10-11-18-19(23)20(28-21(18)24-16)22(27)26-14-12-25(13-15-26)17-8-5-4-6-9-17/h4-6,8-11H,2-3,7,12-15,23H2,1H3. The van der Waals surface area contributed by atoms with E-state index in [-0.39, 0.29) is 5.91 Å². The average molecular weight is 395 g/mol. The summed E-state index contributed by atoms with van der Waals surface area (Å²) in [6.07, 6.45) is 3.23. The number of benzene rings is 1. The summed E-state index contributed by atoms with van der Waals surface area (Å²) in [6.45, 7) is 5.25. The first-order chi connectivity index (χ1) is 13.7. The second-order valence-electron chi connectivity index (χ2n) is 7.22. The smallest absolute Gasteiger partial charge is 0.266 e. The molecule has 1 amide bonds. The first-order valence-electron chi connectivity index (χ1n) is 9.94. The summed E-state index contributed by atoms with van der Waals surface area (Å²) in [5, 5.41) is 0.900. The number of nitrogens with zero attached hydrogens (tertiary/aromatic N) is 3. The summed E-state index contributed by atoms with van der Waals surface area (Å²) < 4.78 is 0. The molecule has 1 fully saturated rings. The second-order valence-corrected chi connectivity index (χ2v) is 8.22. The van der Waals surface area contributed by atoms with E-state index in [4.69, 9.17) is 10.7 Å². The van der Waals surface area contributed by atoms with Crippen LogP contribution in [0.1, 0.15) is 35.1 Å². The highest BCUT2D eigenvalue weighted by molar-refractivity contribution is 7.21. The average Bonchev–Trinajstić information content (AvgIpc) is 3.08. The number of carbonyl (C=O) groups is 1. The minimum absolute atomic E-state index is 0.0309. The number of amides is 1.